The van der Waals surface area contributed by atoms with E-state index in [1.54, 1.807) is 31.2 Å². The molecule has 0 saturated carbocycles. The summed E-state index contributed by atoms with van der Waals surface area (Å²) in [5.74, 6) is 0. The van der Waals surface area contributed by atoms with Crippen molar-refractivity contribution in [2.75, 3.05) is 0 Å². The van der Waals surface area contributed by atoms with E-state index in [1.807, 2.05) is 45.9 Å². The molecule has 0 aromatic heterocycles. The van der Waals surface area contributed by atoms with Crippen LogP contribution >= 0.6 is 7.14 Å². The number of carbonyl (C=O) groups is 1. The number of hydrogen-bond donors (Lipinski definition) is 0. The lowest BCUT2D eigenvalue weighted by Gasteiger charge is -2.36. The molecule has 3 nitrogen and oxygen atoms in total. The highest BCUT2D eigenvalue weighted by molar-refractivity contribution is 7.88. The van der Waals surface area contributed by atoms with Gasteiger partial charge in [-0.1, -0.05) is 61.5 Å². The molecule has 2 unspecified atom stereocenters. The minimum atomic E-state index is -3.62. The van der Waals surface area contributed by atoms with Crippen LogP contribution in [0, 0.1) is 20.8 Å². The molecule has 2 aromatic carbocycles. The Morgan fingerprint density at radius 1 is 1.15 bits per heavy atom. The third-order valence-electron chi connectivity index (χ3n) is 4.96. The topological polar surface area (TPSA) is 43.4 Å². The van der Waals surface area contributed by atoms with Gasteiger partial charge in [-0.3, -0.25) is 4.79 Å². The van der Waals surface area contributed by atoms with Crippen molar-refractivity contribution in [3.63, 3.8) is 0 Å². The molecule has 2 rings (SSSR count). The number of rotatable bonds is 7. The van der Waals surface area contributed by atoms with Crippen molar-refractivity contribution >= 4 is 18.0 Å². The van der Waals surface area contributed by atoms with Crippen LogP contribution in [-0.2, 0) is 9.30 Å². The molecule has 138 valence electrons. The van der Waals surface area contributed by atoms with E-state index in [9.17, 15) is 9.36 Å². The average molecular weight is 370 g/mol. The minimum absolute atomic E-state index is 0.357. The van der Waals surface area contributed by atoms with Gasteiger partial charge in [0.1, 0.15) is 0 Å². The minimum Gasteiger partial charge on any atom is -0.487 e. The molecule has 0 heterocycles. The predicted molar refractivity (Wildman–Crippen MR) is 109 cm³/mol. The standard InChI is InChI=1S/C22H27O3P/c1-7-22(6,25-8-2)26(24,19-12-10-9-11-13-19)21(23)20-17(4)14-16(3)15-18(20)5/h8-15H,2,7H2,1,3-6H3. The second-order valence-corrected chi connectivity index (χ2v) is 9.92. The lowest BCUT2D eigenvalue weighted by atomic mass is 10.0. The fraction of sp³-hybridized carbons (Fsp3) is 0.318. The van der Waals surface area contributed by atoms with E-state index < -0.39 is 12.5 Å². The molecule has 0 saturated heterocycles. The lowest BCUT2D eigenvalue weighted by molar-refractivity contribution is 0.0970. The molecule has 0 aliphatic heterocycles. The van der Waals surface area contributed by atoms with Gasteiger partial charge in [-0.25, -0.2) is 0 Å². The lowest BCUT2D eigenvalue weighted by Crippen LogP contribution is -2.35. The van der Waals surface area contributed by atoms with E-state index >= 15 is 0 Å². The summed E-state index contributed by atoms with van der Waals surface area (Å²) in [5.41, 5.74) is 2.91. The summed E-state index contributed by atoms with van der Waals surface area (Å²) in [5, 5.41) is -0.646. The zero-order valence-corrected chi connectivity index (χ0v) is 17.1. The summed E-state index contributed by atoms with van der Waals surface area (Å²) in [6.07, 6.45) is 1.70. The molecule has 0 bridgehead atoms. The van der Waals surface area contributed by atoms with Crippen molar-refractivity contribution in [1.82, 2.24) is 0 Å². The maximum absolute atomic E-state index is 14.4. The Morgan fingerprint density at radius 3 is 2.15 bits per heavy atom. The van der Waals surface area contributed by atoms with E-state index in [4.69, 9.17) is 4.74 Å². The first-order chi connectivity index (χ1) is 12.2. The number of benzene rings is 2. The first-order valence-corrected chi connectivity index (χ1v) is 10.5. The molecular formula is C22H27O3P. The monoisotopic (exact) mass is 370 g/mol. The highest BCUT2D eigenvalue weighted by atomic mass is 31.2. The summed E-state index contributed by atoms with van der Waals surface area (Å²) < 4.78 is 20.1. The van der Waals surface area contributed by atoms with Crippen LogP contribution in [0.4, 0.5) is 0 Å². The van der Waals surface area contributed by atoms with Crippen molar-refractivity contribution in [2.24, 2.45) is 0 Å². The summed E-state index contributed by atoms with van der Waals surface area (Å²) in [4.78, 5) is 13.7. The van der Waals surface area contributed by atoms with Crippen molar-refractivity contribution in [3.05, 3.63) is 77.6 Å². The average Bonchev–Trinajstić information content (AvgIpc) is 2.60. The quantitative estimate of drug-likeness (QED) is 0.462. The third kappa shape index (κ3) is 3.29. The molecule has 26 heavy (non-hydrogen) atoms. The zero-order chi connectivity index (χ0) is 19.5. The molecule has 4 heteroatoms. The van der Waals surface area contributed by atoms with Crippen LogP contribution in [0.15, 0.2) is 55.3 Å². The smallest absolute Gasteiger partial charge is 0.230 e. The van der Waals surface area contributed by atoms with Crippen LogP contribution < -0.4 is 5.30 Å². The molecule has 0 aliphatic rings. The number of hydrogen-bond acceptors (Lipinski definition) is 3. The van der Waals surface area contributed by atoms with Gasteiger partial charge in [-0.05, 0) is 45.2 Å². The van der Waals surface area contributed by atoms with Crippen LogP contribution in [0.25, 0.3) is 0 Å². The fourth-order valence-electron chi connectivity index (χ4n) is 3.48. The van der Waals surface area contributed by atoms with Gasteiger partial charge in [0.2, 0.25) is 12.7 Å². The molecule has 0 N–H and O–H groups in total. The maximum atomic E-state index is 14.4. The second kappa shape index (κ2) is 7.63. The van der Waals surface area contributed by atoms with Crippen LogP contribution in [-0.4, -0.2) is 10.9 Å². The van der Waals surface area contributed by atoms with E-state index in [2.05, 4.69) is 6.58 Å². The van der Waals surface area contributed by atoms with Gasteiger partial charge < -0.3 is 9.30 Å². The van der Waals surface area contributed by atoms with Crippen molar-refractivity contribution in [1.29, 1.82) is 0 Å². The van der Waals surface area contributed by atoms with E-state index in [-0.39, 0.29) is 5.52 Å². The van der Waals surface area contributed by atoms with Gasteiger partial charge in [0, 0.05) is 10.9 Å². The van der Waals surface area contributed by atoms with Crippen molar-refractivity contribution in [2.45, 2.75) is 46.4 Å². The van der Waals surface area contributed by atoms with Crippen LogP contribution in [0.5, 0.6) is 0 Å². The van der Waals surface area contributed by atoms with Gasteiger partial charge in [0.25, 0.3) is 0 Å². The Balaban J connectivity index is 2.80. The largest absolute Gasteiger partial charge is 0.487 e. The molecule has 0 fully saturated rings. The maximum Gasteiger partial charge on any atom is 0.230 e. The SMILES string of the molecule is C=COC(C)(CC)P(=O)(C(=O)c1c(C)cc(C)cc1C)c1ccccc1. The number of carbonyl (C=O) groups excluding carboxylic acids is 1. The highest BCUT2D eigenvalue weighted by Crippen LogP contribution is 2.61. The van der Waals surface area contributed by atoms with Gasteiger partial charge in [-0.2, -0.15) is 0 Å². The number of ether oxygens (including phenoxy) is 1. The molecule has 0 radical (unpaired) electrons. The first-order valence-electron chi connectivity index (χ1n) is 8.78. The molecular weight excluding hydrogens is 343 g/mol. The van der Waals surface area contributed by atoms with Crippen molar-refractivity contribution < 1.29 is 14.1 Å². The molecule has 2 aromatic rings. The molecule has 0 aliphatic carbocycles. The Hall–Kier alpha value is -2.12. The first kappa shape index (κ1) is 20.2. The second-order valence-electron chi connectivity index (χ2n) is 6.84. The Labute approximate surface area is 156 Å². The van der Waals surface area contributed by atoms with Crippen molar-refractivity contribution in [3.8, 4) is 0 Å². The Bertz CT molecular complexity index is 847. The third-order valence-corrected chi connectivity index (χ3v) is 8.53. The normalized spacial score (nSPS) is 15.6. The van der Waals surface area contributed by atoms with E-state index in [1.165, 1.54) is 6.26 Å². The van der Waals surface area contributed by atoms with Gasteiger partial charge in [0.15, 0.2) is 5.34 Å². The summed E-state index contributed by atoms with van der Waals surface area (Å²) in [7, 11) is -3.62. The van der Waals surface area contributed by atoms with Crippen LogP contribution in [0.2, 0.25) is 0 Å². The van der Waals surface area contributed by atoms with E-state index in [0.717, 1.165) is 16.7 Å². The number of aryl methyl sites for hydroxylation is 3. The Morgan fingerprint density at radius 2 is 1.69 bits per heavy atom. The van der Waals surface area contributed by atoms with Gasteiger partial charge in [-0.15, -0.1) is 0 Å². The fourth-order valence-corrected chi connectivity index (χ4v) is 6.62. The van der Waals surface area contributed by atoms with Gasteiger partial charge in [0.05, 0.1) is 6.26 Å². The molecule has 0 spiro atoms. The summed E-state index contributed by atoms with van der Waals surface area (Å²) >= 11 is 0. The van der Waals surface area contributed by atoms with Crippen LogP contribution in [0.3, 0.4) is 0 Å². The zero-order valence-electron chi connectivity index (χ0n) is 16.2. The van der Waals surface area contributed by atoms with Gasteiger partial charge >= 0.3 is 0 Å². The Kier molecular flexibility index (Phi) is 5.93. The highest BCUT2D eigenvalue weighted by Gasteiger charge is 2.52. The summed E-state index contributed by atoms with van der Waals surface area (Å²) in [6, 6.07) is 12.8. The predicted octanol–water partition coefficient (Wildman–Crippen LogP) is 5.73. The molecule has 2 atom stereocenters. The van der Waals surface area contributed by atoms with Crippen LogP contribution in [0.1, 0.15) is 47.3 Å². The summed E-state index contributed by atoms with van der Waals surface area (Å²) in [6.45, 7) is 13.0. The molecule has 0 amide bonds. The van der Waals surface area contributed by atoms with E-state index in [0.29, 0.717) is 17.3 Å².